The molecule has 0 aromatic heterocycles. The molecule has 0 unspecified atom stereocenters. The Balaban J connectivity index is 1.22. The molecule has 0 nitrogen and oxygen atoms in total. The van der Waals surface area contributed by atoms with Crippen LogP contribution in [0.4, 0.5) is 0 Å². The van der Waals surface area contributed by atoms with E-state index in [1.165, 1.54) is 153 Å². The van der Waals surface area contributed by atoms with Gasteiger partial charge >= 0.3 is 0 Å². The van der Waals surface area contributed by atoms with Gasteiger partial charge in [0.2, 0.25) is 0 Å². The smallest absolute Gasteiger partial charge is 0.000717 e. The zero-order valence-electron chi connectivity index (χ0n) is 34.8. The van der Waals surface area contributed by atoms with Gasteiger partial charge < -0.3 is 0 Å². The molecule has 1 aliphatic rings. The molecule has 14 aromatic carbocycles. The van der Waals surface area contributed by atoms with Gasteiger partial charge in [-0.05, 0) is 153 Å². The van der Waals surface area contributed by atoms with Crippen molar-refractivity contribution in [3.05, 3.63) is 218 Å². The van der Waals surface area contributed by atoms with Gasteiger partial charge in [0.05, 0.1) is 0 Å². The molecule has 0 atom stereocenters. The summed E-state index contributed by atoms with van der Waals surface area (Å²) in [6.45, 7) is 0. The van der Waals surface area contributed by atoms with Crippen molar-refractivity contribution in [2.24, 2.45) is 0 Å². The lowest BCUT2D eigenvalue weighted by molar-refractivity contribution is 1.63. The van der Waals surface area contributed by atoms with Crippen molar-refractivity contribution in [3.63, 3.8) is 0 Å². The summed E-state index contributed by atoms with van der Waals surface area (Å²) in [7, 11) is 0. The number of fused-ring (bicyclic) bond motifs is 8. The van der Waals surface area contributed by atoms with Gasteiger partial charge in [-0.15, -0.1) is 0 Å². The fourth-order valence-corrected chi connectivity index (χ4v) is 12.2. The quantitative estimate of drug-likeness (QED) is 0.123. The van der Waals surface area contributed by atoms with E-state index in [9.17, 15) is 0 Å². The maximum Gasteiger partial charge on any atom is -0.000717 e. The molecule has 0 heterocycles. The highest BCUT2D eigenvalue weighted by Gasteiger charge is 2.34. The zero-order valence-corrected chi connectivity index (χ0v) is 34.8. The first-order valence-electron chi connectivity index (χ1n) is 22.4. The maximum atomic E-state index is 2.45. The molecule has 0 spiro atoms. The number of hydrogen-bond donors (Lipinski definition) is 0. The Morgan fingerprint density at radius 1 is 0.156 bits per heavy atom. The van der Waals surface area contributed by atoms with Gasteiger partial charge in [-0.1, -0.05) is 218 Å². The Labute approximate surface area is 369 Å². The van der Waals surface area contributed by atoms with E-state index in [1.54, 1.807) is 0 Å². The summed E-state index contributed by atoms with van der Waals surface area (Å²) >= 11 is 0. The molecule has 14 aromatic rings. The van der Waals surface area contributed by atoms with Crippen molar-refractivity contribution in [3.8, 4) is 66.8 Å². The van der Waals surface area contributed by atoms with Crippen LogP contribution in [0.25, 0.3) is 153 Å². The summed E-state index contributed by atoms with van der Waals surface area (Å²) in [4.78, 5) is 0. The normalized spacial score (nSPS) is 12.4. The van der Waals surface area contributed by atoms with Crippen LogP contribution < -0.4 is 0 Å². The summed E-state index contributed by atoms with van der Waals surface area (Å²) in [5, 5.41) is 21.1. The highest BCUT2D eigenvalue weighted by molar-refractivity contribution is 6.44. The van der Waals surface area contributed by atoms with Crippen LogP contribution in [0.3, 0.4) is 0 Å². The second-order valence-corrected chi connectivity index (χ2v) is 17.7. The van der Waals surface area contributed by atoms with Crippen LogP contribution in [-0.2, 0) is 0 Å². The Morgan fingerprint density at radius 2 is 0.500 bits per heavy atom. The third-order valence-electron chi connectivity index (χ3n) is 14.7. The Bertz CT molecular complexity index is 3970. The molecule has 0 heteroatoms. The maximum absolute atomic E-state index is 2.45. The van der Waals surface area contributed by atoms with Gasteiger partial charge in [0.15, 0.2) is 0 Å². The Morgan fingerprint density at radius 3 is 0.938 bits per heavy atom. The standard InChI is InChI=1S/C64H36/c1-5-15-37(16-6-1)42-27-33-50-58-46(42)29-30-47-43(38-17-7-2-8-18-38)28-34-51(59(47)58)62-56(41-21-11-4-12-22-41)64-53-36-32-49-45-26-14-24-39-23-13-25-44(54(39)45)48-31-35-52(60(53)57(48)49)63(64)55(61(50)62)40-19-9-3-10-20-40/h1-36H. The minimum Gasteiger partial charge on any atom is -0.0622 e. The van der Waals surface area contributed by atoms with Crippen LogP contribution in [-0.4, -0.2) is 0 Å². The molecule has 64 heavy (non-hydrogen) atoms. The second-order valence-electron chi connectivity index (χ2n) is 17.7. The Hall–Kier alpha value is -8.32. The van der Waals surface area contributed by atoms with Gasteiger partial charge in [0, 0.05) is 0 Å². The van der Waals surface area contributed by atoms with Crippen LogP contribution in [0.1, 0.15) is 0 Å². The molecule has 0 aliphatic heterocycles. The van der Waals surface area contributed by atoms with Gasteiger partial charge in [-0.2, -0.15) is 0 Å². The summed E-state index contributed by atoms with van der Waals surface area (Å²) in [5.41, 5.74) is 15.4. The summed E-state index contributed by atoms with van der Waals surface area (Å²) in [6, 6.07) is 82.2. The minimum atomic E-state index is 1.23. The molecule has 15 rings (SSSR count). The van der Waals surface area contributed by atoms with Crippen molar-refractivity contribution < 1.29 is 0 Å². The lowest BCUT2D eigenvalue weighted by atomic mass is 9.77. The lowest BCUT2D eigenvalue weighted by Gasteiger charge is -2.25. The highest BCUT2D eigenvalue weighted by Crippen LogP contribution is 2.62. The number of hydrogen-bond acceptors (Lipinski definition) is 0. The number of rotatable bonds is 4. The van der Waals surface area contributed by atoms with Crippen molar-refractivity contribution in [1.82, 2.24) is 0 Å². The molecular formula is C64H36. The van der Waals surface area contributed by atoms with E-state index in [0.717, 1.165) is 0 Å². The first-order chi connectivity index (χ1) is 31.8. The monoisotopic (exact) mass is 804 g/mol. The first kappa shape index (κ1) is 34.3. The molecule has 0 bridgehead atoms. The predicted molar refractivity (Wildman–Crippen MR) is 275 cm³/mol. The molecule has 0 radical (unpaired) electrons. The molecule has 1 aliphatic carbocycles. The average molecular weight is 805 g/mol. The van der Waals surface area contributed by atoms with E-state index < -0.39 is 0 Å². The number of benzene rings is 14. The zero-order chi connectivity index (χ0) is 41.6. The molecule has 292 valence electrons. The van der Waals surface area contributed by atoms with E-state index in [4.69, 9.17) is 0 Å². The van der Waals surface area contributed by atoms with E-state index in [0.29, 0.717) is 0 Å². The fraction of sp³-hybridized carbons (Fsp3) is 0. The summed E-state index contributed by atoms with van der Waals surface area (Å²) < 4.78 is 0. The second kappa shape index (κ2) is 12.6. The SMILES string of the molecule is c1ccc(-c2ccc3c4c(-c5ccccc5)c5c(c(-c6ccccc6)c4c4ccc(-c6ccccc6)c6ccc2c3c64)-c2ccc3c4cccc6cccc(c7ccc-5c2c73)c64)cc1. The van der Waals surface area contributed by atoms with Crippen LogP contribution in [0.15, 0.2) is 218 Å². The van der Waals surface area contributed by atoms with Crippen molar-refractivity contribution in [2.45, 2.75) is 0 Å². The average Bonchev–Trinajstić information content (AvgIpc) is 3.70. The van der Waals surface area contributed by atoms with Crippen LogP contribution in [0.5, 0.6) is 0 Å². The van der Waals surface area contributed by atoms with E-state index >= 15 is 0 Å². The summed E-state index contributed by atoms with van der Waals surface area (Å²) in [6.07, 6.45) is 0. The van der Waals surface area contributed by atoms with E-state index in [-0.39, 0.29) is 0 Å². The van der Waals surface area contributed by atoms with Gasteiger partial charge in [0.25, 0.3) is 0 Å². The highest BCUT2D eigenvalue weighted by atomic mass is 14.4. The molecule has 0 fully saturated rings. The Kier molecular flexibility index (Phi) is 6.77. The van der Waals surface area contributed by atoms with E-state index in [2.05, 4.69) is 218 Å². The molecule has 0 saturated carbocycles. The fourth-order valence-electron chi connectivity index (χ4n) is 12.2. The minimum absolute atomic E-state index is 1.23. The lowest BCUT2D eigenvalue weighted by Crippen LogP contribution is -1.98. The van der Waals surface area contributed by atoms with Crippen LogP contribution in [0.2, 0.25) is 0 Å². The van der Waals surface area contributed by atoms with Crippen LogP contribution in [0, 0.1) is 0 Å². The van der Waals surface area contributed by atoms with Gasteiger partial charge in [-0.25, -0.2) is 0 Å². The van der Waals surface area contributed by atoms with Crippen molar-refractivity contribution in [2.75, 3.05) is 0 Å². The third kappa shape index (κ3) is 4.37. The van der Waals surface area contributed by atoms with Crippen LogP contribution >= 0.6 is 0 Å². The molecule has 0 N–H and O–H groups in total. The first-order valence-corrected chi connectivity index (χ1v) is 22.4. The van der Waals surface area contributed by atoms with E-state index in [1.807, 2.05) is 0 Å². The summed E-state index contributed by atoms with van der Waals surface area (Å²) in [5.74, 6) is 0. The van der Waals surface area contributed by atoms with Gasteiger partial charge in [0.1, 0.15) is 0 Å². The molecule has 0 amide bonds. The topological polar surface area (TPSA) is 0 Å². The van der Waals surface area contributed by atoms with Gasteiger partial charge in [-0.3, -0.25) is 0 Å². The van der Waals surface area contributed by atoms with Crippen molar-refractivity contribution >= 4 is 86.2 Å². The van der Waals surface area contributed by atoms with Crippen molar-refractivity contribution in [1.29, 1.82) is 0 Å². The largest absolute Gasteiger partial charge is 0.0622 e. The molecular weight excluding hydrogens is 769 g/mol. The predicted octanol–water partition coefficient (Wildman–Crippen LogP) is 18.1. The third-order valence-corrected chi connectivity index (χ3v) is 14.7. The molecule has 0 saturated heterocycles.